The van der Waals surface area contributed by atoms with Crippen molar-refractivity contribution in [2.45, 2.75) is 50.9 Å². The molecule has 110 valence electrons. The molecule has 0 saturated heterocycles. The molecule has 6 N–H and O–H groups in total. The predicted molar refractivity (Wildman–Crippen MR) is 65.5 cm³/mol. The third kappa shape index (κ3) is 6.97. The van der Waals surface area contributed by atoms with Crippen molar-refractivity contribution < 1.29 is 33.2 Å². The molecule has 0 bridgehead atoms. The monoisotopic (exact) mass is 305 g/mol. The zero-order valence-corrected chi connectivity index (χ0v) is 12.0. The number of phosphoric acid groups is 1. The Labute approximate surface area is 106 Å². The number of hydrogen-bond acceptors (Lipinski definition) is 4. The van der Waals surface area contributed by atoms with Gasteiger partial charge < -0.3 is 19.6 Å². The van der Waals surface area contributed by atoms with E-state index < -0.39 is 20.9 Å². The minimum absolute atomic E-state index is 0.313. The van der Waals surface area contributed by atoms with Crippen molar-refractivity contribution in [1.82, 2.24) is 0 Å². The molecule has 0 aromatic heterocycles. The van der Waals surface area contributed by atoms with Crippen LogP contribution in [0.3, 0.4) is 0 Å². The fraction of sp³-hybridized carbons (Fsp3) is 1.00. The summed E-state index contributed by atoms with van der Waals surface area (Å²) in [7, 11) is -10.0. The van der Waals surface area contributed by atoms with E-state index in [4.69, 9.17) is 25.3 Å². The second kappa shape index (κ2) is 7.12. The molecule has 0 aliphatic rings. The minimum atomic E-state index is -5.06. The summed E-state index contributed by atoms with van der Waals surface area (Å²) < 4.78 is 25.9. The van der Waals surface area contributed by atoms with Gasteiger partial charge in [-0.05, 0) is 6.42 Å². The van der Waals surface area contributed by atoms with Crippen molar-refractivity contribution in [1.29, 1.82) is 0 Å². The van der Waals surface area contributed by atoms with Gasteiger partial charge >= 0.3 is 15.4 Å². The Hall–Kier alpha value is 0.220. The zero-order chi connectivity index (χ0) is 14.4. The molecule has 0 aromatic carbocycles. The quantitative estimate of drug-likeness (QED) is 0.242. The summed E-state index contributed by atoms with van der Waals surface area (Å²) in [5.74, 6) is 0. The van der Waals surface area contributed by atoms with Crippen LogP contribution in [0.1, 0.15) is 45.4 Å². The van der Waals surface area contributed by atoms with E-state index in [2.05, 4.69) is 4.52 Å². The van der Waals surface area contributed by atoms with E-state index in [0.717, 1.165) is 19.3 Å². The second-order valence-electron chi connectivity index (χ2n) is 4.13. The summed E-state index contributed by atoms with van der Waals surface area (Å²) in [6.07, 6.45) is 3.52. The largest absolute Gasteiger partial charge is 0.471 e. The van der Waals surface area contributed by atoms with Gasteiger partial charge in [0.25, 0.3) is 0 Å². The first kappa shape index (κ1) is 18.2. The maximum Gasteiger partial charge on any atom is 0.471 e. The predicted octanol–water partition coefficient (Wildman–Crippen LogP) is 1.25. The number of hydrogen-bond donors (Lipinski definition) is 5. The van der Waals surface area contributed by atoms with Gasteiger partial charge in [0.15, 0.2) is 0 Å². The molecule has 8 nitrogen and oxygen atoms in total. The van der Waals surface area contributed by atoms with Crippen molar-refractivity contribution in [2.24, 2.45) is 5.73 Å². The van der Waals surface area contributed by atoms with Crippen LogP contribution in [0.15, 0.2) is 0 Å². The molecule has 0 spiro atoms. The highest BCUT2D eigenvalue weighted by molar-refractivity contribution is 7.54. The number of nitrogens with two attached hydrogens (primary N) is 1. The molecule has 1 atom stereocenters. The van der Waals surface area contributed by atoms with E-state index in [-0.39, 0.29) is 6.42 Å². The highest BCUT2D eigenvalue weighted by atomic mass is 31.2. The van der Waals surface area contributed by atoms with E-state index in [1.54, 1.807) is 0 Å². The van der Waals surface area contributed by atoms with Crippen LogP contribution in [-0.2, 0) is 13.7 Å². The Balaban J connectivity index is 4.51. The molecule has 0 radical (unpaired) electrons. The standard InChI is InChI=1S/C8H21NO7P2/c1-2-3-4-5-6-7-8(9,17(10,11)12)16-18(13,14)15/h2-7,9H2,1H3,(H2,10,11,12)(H2,13,14,15). The van der Waals surface area contributed by atoms with E-state index in [1.807, 2.05) is 6.92 Å². The Morgan fingerprint density at radius 1 is 1.06 bits per heavy atom. The van der Waals surface area contributed by atoms with Gasteiger partial charge in [-0.3, -0.25) is 14.8 Å². The van der Waals surface area contributed by atoms with Gasteiger partial charge in [-0.25, -0.2) is 4.57 Å². The van der Waals surface area contributed by atoms with Crippen LogP contribution in [0.2, 0.25) is 0 Å². The molecule has 0 saturated carbocycles. The lowest BCUT2D eigenvalue weighted by molar-refractivity contribution is 0.0704. The third-order valence-corrected chi connectivity index (χ3v) is 4.42. The fourth-order valence-electron chi connectivity index (χ4n) is 1.43. The van der Waals surface area contributed by atoms with Gasteiger partial charge in [0.05, 0.1) is 0 Å². The SMILES string of the molecule is CCCCCCCC(N)(OP(=O)(O)O)P(=O)(O)O. The fourth-order valence-corrected chi connectivity index (χ4v) is 3.13. The van der Waals surface area contributed by atoms with Crippen LogP contribution in [0, 0.1) is 0 Å². The molecule has 0 aromatic rings. The minimum Gasteiger partial charge on any atom is -0.321 e. The highest BCUT2D eigenvalue weighted by Crippen LogP contribution is 2.57. The van der Waals surface area contributed by atoms with Gasteiger partial charge in [-0.15, -0.1) is 0 Å². The van der Waals surface area contributed by atoms with E-state index in [1.165, 1.54) is 0 Å². The molecule has 0 aliphatic heterocycles. The lowest BCUT2D eigenvalue weighted by Gasteiger charge is -2.29. The third-order valence-electron chi connectivity index (χ3n) is 2.41. The first-order chi connectivity index (χ1) is 8.02. The lowest BCUT2D eigenvalue weighted by atomic mass is 10.1. The highest BCUT2D eigenvalue weighted by Gasteiger charge is 2.48. The van der Waals surface area contributed by atoms with Gasteiger partial charge in [0.2, 0.25) is 5.47 Å². The Kier molecular flexibility index (Phi) is 7.21. The van der Waals surface area contributed by atoms with Crippen LogP contribution >= 0.6 is 15.4 Å². The van der Waals surface area contributed by atoms with Crippen molar-refractivity contribution in [3.63, 3.8) is 0 Å². The second-order valence-corrected chi connectivity index (χ2v) is 7.14. The molecule has 0 amide bonds. The molecule has 10 heteroatoms. The van der Waals surface area contributed by atoms with Gasteiger partial charge in [-0.2, -0.15) is 0 Å². The first-order valence-electron chi connectivity index (χ1n) is 5.62. The number of phosphoric ester groups is 1. The number of unbranched alkanes of at least 4 members (excludes halogenated alkanes) is 4. The van der Waals surface area contributed by atoms with Crippen LogP contribution in [0.25, 0.3) is 0 Å². The smallest absolute Gasteiger partial charge is 0.321 e. The van der Waals surface area contributed by atoms with E-state index >= 15 is 0 Å². The molecule has 18 heavy (non-hydrogen) atoms. The topological polar surface area (TPSA) is 150 Å². The summed E-state index contributed by atoms with van der Waals surface area (Å²) in [6, 6.07) is 0. The van der Waals surface area contributed by atoms with Crippen LogP contribution in [-0.4, -0.2) is 25.0 Å². The Morgan fingerprint density at radius 2 is 1.56 bits per heavy atom. The molecule has 0 fully saturated rings. The molecule has 1 unspecified atom stereocenters. The van der Waals surface area contributed by atoms with Gasteiger partial charge in [0, 0.05) is 6.42 Å². The van der Waals surface area contributed by atoms with Crippen molar-refractivity contribution in [3.8, 4) is 0 Å². The van der Waals surface area contributed by atoms with Crippen LogP contribution in [0.5, 0.6) is 0 Å². The van der Waals surface area contributed by atoms with Crippen LogP contribution in [0.4, 0.5) is 0 Å². The molecule has 0 heterocycles. The zero-order valence-electron chi connectivity index (χ0n) is 10.2. The van der Waals surface area contributed by atoms with Crippen LogP contribution < -0.4 is 5.73 Å². The average Bonchev–Trinajstić information content (AvgIpc) is 2.13. The van der Waals surface area contributed by atoms with Crippen molar-refractivity contribution in [3.05, 3.63) is 0 Å². The summed E-state index contributed by atoms with van der Waals surface area (Å²) >= 11 is 0. The number of rotatable bonds is 9. The summed E-state index contributed by atoms with van der Waals surface area (Å²) in [4.78, 5) is 35.3. The van der Waals surface area contributed by atoms with Crippen molar-refractivity contribution >= 4 is 15.4 Å². The van der Waals surface area contributed by atoms with Gasteiger partial charge in [0.1, 0.15) is 0 Å². The van der Waals surface area contributed by atoms with E-state index in [9.17, 15) is 9.13 Å². The summed E-state index contributed by atoms with van der Waals surface area (Å²) in [5, 5.41) is 0. The van der Waals surface area contributed by atoms with Crippen molar-refractivity contribution in [2.75, 3.05) is 0 Å². The maximum atomic E-state index is 11.2. The lowest BCUT2D eigenvalue weighted by Crippen LogP contribution is -2.41. The molecular weight excluding hydrogens is 284 g/mol. The first-order valence-corrected chi connectivity index (χ1v) is 8.77. The van der Waals surface area contributed by atoms with Gasteiger partial charge in [-0.1, -0.05) is 32.6 Å². The molecule has 0 aliphatic carbocycles. The molecular formula is C8H21NO7P2. The average molecular weight is 305 g/mol. The Morgan fingerprint density at radius 3 is 1.94 bits per heavy atom. The normalized spacial score (nSPS) is 16.6. The van der Waals surface area contributed by atoms with E-state index in [0.29, 0.717) is 12.8 Å². The summed E-state index contributed by atoms with van der Waals surface area (Å²) in [5.41, 5.74) is 2.67. The Bertz CT molecular complexity index is 338. The molecule has 0 rings (SSSR count). The maximum absolute atomic E-state index is 11.2. The summed E-state index contributed by atoms with van der Waals surface area (Å²) in [6.45, 7) is 2.01.